The Morgan fingerprint density at radius 1 is 0.951 bits per heavy atom. The first-order chi connectivity index (χ1) is 19.9. The highest BCUT2D eigenvalue weighted by atomic mass is 79.9. The first kappa shape index (κ1) is 28.5. The molecule has 0 spiro atoms. The van der Waals surface area contributed by atoms with E-state index in [-0.39, 0.29) is 12.4 Å². The van der Waals surface area contributed by atoms with Crippen molar-refractivity contribution in [2.75, 3.05) is 23.6 Å². The average molecular weight is 635 g/mol. The largest absolute Gasteiger partial charge is 0.494 e. The number of Topliss-reactive ketones (excluding diaryl/α,β-unsaturated/α-hetero) is 1. The lowest BCUT2D eigenvalue weighted by molar-refractivity contribution is -0.111. The highest BCUT2D eigenvalue weighted by Gasteiger charge is 2.40. The van der Waals surface area contributed by atoms with Crippen molar-refractivity contribution in [2.24, 2.45) is 5.10 Å². The molecule has 0 fully saturated rings. The zero-order chi connectivity index (χ0) is 28.9. The number of nitrogens with zero attached hydrogens (tertiary/aromatic N) is 3. The number of methoxy groups -OCH3 is 1. The van der Waals surface area contributed by atoms with Gasteiger partial charge in [0.2, 0.25) is 0 Å². The summed E-state index contributed by atoms with van der Waals surface area (Å²) in [6.45, 7) is 4.29. The maximum atomic E-state index is 13.0. The van der Waals surface area contributed by atoms with Gasteiger partial charge >= 0.3 is 0 Å². The number of hydrazone groups is 1. The number of ether oxygens (including phenoxy) is 3. The molecule has 0 unspecified atom stereocenters. The van der Waals surface area contributed by atoms with Gasteiger partial charge < -0.3 is 14.2 Å². The number of rotatable bonds is 10. The molecule has 0 aromatic heterocycles. The topological polar surface area (TPSA) is 63.6 Å². The number of hydrogen-bond acceptors (Lipinski definition) is 7. The van der Waals surface area contributed by atoms with E-state index >= 15 is 0 Å². The third-order valence-electron chi connectivity index (χ3n) is 6.55. The fourth-order valence-corrected chi connectivity index (χ4v) is 5.43. The predicted molar refractivity (Wildman–Crippen MR) is 166 cm³/mol. The number of para-hydroxylation sites is 1. The van der Waals surface area contributed by atoms with Crippen LogP contribution in [0, 0.1) is 0 Å². The molecule has 0 bridgehead atoms. The summed E-state index contributed by atoms with van der Waals surface area (Å²) in [6.07, 6.45) is -0.503. The first-order valence-corrected chi connectivity index (χ1v) is 14.3. The molecule has 9 heteroatoms. The van der Waals surface area contributed by atoms with E-state index in [2.05, 4.69) is 15.9 Å². The number of carbonyl (C=O) groups is 1. The number of amidine groups is 1. The van der Waals surface area contributed by atoms with Crippen LogP contribution in [0.3, 0.4) is 0 Å². The molecule has 210 valence electrons. The Morgan fingerprint density at radius 2 is 1.66 bits per heavy atom. The van der Waals surface area contributed by atoms with Crippen LogP contribution in [-0.2, 0) is 11.4 Å². The van der Waals surface area contributed by atoms with Gasteiger partial charge in [-0.05, 0) is 77.5 Å². The van der Waals surface area contributed by atoms with Gasteiger partial charge in [0.25, 0.3) is 0 Å². The summed E-state index contributed by atoms with van der Waals surface area (Å²) in [5.74, 6) is 1.97. The van der Waals surface area contributed by atoms with Crippen molar-refractivity contribution in [3.8, 4) is 17.2 Å². The van der Waals surface area contributed by atoms with Crippen molar-refractivity contribution in [2.45, 2.75) is 26.6 Å². The molecule has 0 saturated carbocycles. The van der Waals surface area contributed by atoms with Crippen LogP contribution in [0.15, 0.2) is 101 Å². The van der Waals surface area contributed by atoms with Crippen LogP contribution < -0.4 is 24.1 Å². The number of hydrogen-bond donors (Lipinski definition) is 0. The smallest absolute Gasteiger partial charge is 0.198 e. The van der Waals surface area contributed by atoms with Crippen LogP contribution in [0.4, 0.5) is 11.4 Å². The number of carbonyl (C=O) groups excluding carboxylic acids is 1. The van der Waals surface area contributed by atoms with E-state index < -0.39 is 6.17 Å². The van der Waals surface area contributed by atoms with Gasteiger partial charge in [0.1, 0.15) is 12.4 Å². The molecule has 0 saturated heterocycles. The molecule has 7 nitrogen and oxygen atoms in total. The first-order valence-electron chi connectivity index (χ1n) is 13.1. The second-order valence-corrected chi connectivity index (χ2v) is 10.5. The summed E-state index contributed by atoms with van der Waals surface area (Å²) in [6, 6.07) is 28.8. The van der Waals surface area contributed by atoms with E-state index in [0.717, 1.165) is 28.3 Å². The number of halogens is 2. The van der Waals surface area contributed by atoms with Crippen LogP contribution in [0.2, 0.25) is 5.02 Å². The zero-order valence-electron chi connectivity index (χ0n) is 22.9. The lowest BCUT2D eigenvalue weighted by atomic mass is 10.1. The van der Waals surface area contributed by atoms with E-state index in [1.165, 1.54) is 6.92 Å². The maximum Gasteiger partial charge on any atom is 0.198 e. The van der Waals surface area contributed by atoms with E-state index in [1.54, 1.807) is 7.11 Å². The molecule has 5 rings (SSSR count). The SMILES string of the molecule is CCOc1ccc(N2C(C(C)=O)=NN(c3ccccc3)[C@H]2c2cc(Br)c(OCc3ccccc3Cl)c(OC)c2)cc1. The molecular weight excluding hydrogens is 606 g/mol. The summed E-state index contributed by atoms with van der Waals surface area (Å²) in [7, 11) is 1.60. The minimum absolute atomic E-state index is 0.159. The quantitative estimate of drug-likeness (QED) is 0.176. The fraction of sp³-hybridized carbons (Fsp3) is 0.188. The standard InChI is InChI=1S/C32H29BrClN3O4/c1-4-40-26-16-14-24(15-17-26)36-31(21(2)38)35-37(25-11-6-5-7-12-25)32(36)23-18-27(33)30(29(19-23)39-3)41-20-22-10-8-9-13-28(22)34/h5-19,32H,4,20H2,1-3H3/t32-/m0/s1. The summed E-state index contributed by atoms with van der Waals surface area (Å²) in [5.41, 5.74) is 3.31. The van der Waals surface area contributed by atoms with Crippen molar-refractivity contribution < 1.29 is 19.0 Å². The van der Waals surface area contributed by atoms with Crippen molar-refractivity contribution >= 4 is 50.5 Å². The van der Waals surface area contributed by atoms with Crippen molar-refractivity contribution in [3.63, 3.8) is 0 Å². The lowest BCUT2D eigenvalue weighted by Gasteiger charge is -2.32. The lowest BCUT2D eigenvalue weighted by Crippen LogP contribution is -2.37. The average Bonchev–Trinajstić information content (AvgIpc) is 3.39. The monoisotopic (exact) mass is 633 g/mol. The second-order valence-electron chi connectivity index (χ2n) is 9.24. The van der Waals surface area contributed by atoms with Gasteiger partial charge in [0.05, 0.1) is 23.9 Å². The molecule has 1 aliphatic heterocycles. The fourth-order valence-electron chi connectivity index (χ4n) is 4.67. The van der Waals surface area contributed by atoms with Crippen molar-refractivity contribution in [1.29, 1.82) is 0 Å². The third-order valence-corrected chi connectivity index (χ3v) is 7.51. The maximum absolute atomic E-state index is 13.0. The molecule has 4 aromatic carbocycles. The molecule has 1 heterocycles. The van der Waals surface area contributed by atoms with E-state index in [0.29, 0.717) is 33.4 Å². The summed E-state index contributed by atoms with van der Waals surface area (Å²) >= 11 is 10.1. The van der Waals surface area contributed by atoms with Gasteiger partial charge in [0, 0.05) is 28.8 Å². The Hall–Kier alpha value is -4.01. The van der Waals surface area contributed by atoms with Gasteiger partial charge in [-0.15, -0.1) is 5.10 Å². The van der Waals surface area contributed by atoms with Crippen molar-refractivity contribution in [3.05, 3.63) is 112 Å². The second kappa shape index (κ2) is 12.7. The van der Waals surface area contributed by atoms with Crippen LogP contribution in [0.1, 0.15) is 31.1 Å². The molecular formula is C32H29BrClN3O4. The highest BCUT2D eigenvalue weighted by molar-refractivity contribution is 9.10. The minimum Gasteiger partial charge on any atom is -0.494 e. The zero-order valence-corrected chi connectivity index (χ0v) is 25.2. The Balaban J connectivity index is 1.59. The molecule has 4 aromatic rings. The van der Waals surface area contributed by atoms with E-state index in [1.807, 2.05) is 108 Å². The third kappa shape index (κ3) is 6.04. The molecule has 41 heavy (non-hydrogen) atoms. The Bertz CT molecular complexity index is 1560. The van der Waals surface area contributed by atoms with E-state index in [9.17, 15) is 4.79 Å². The minimum atomic E-state index is -0.503. The normalized spacial score (nSPS) is 14.6. The molecule has 1 aliphatic rings. The molecule has 0 radical (unpaired) electrons. The van der Waals surface area contributed by atoms with Gasteiger partial charge in [-0.3, -0.25) is 9.69 Å². The van der Waals surface area contributed by atoms with Gasteiger partial charge in [-0.25, -0.2) is 5.01 Å². The predicted octanol–water partition coefficient (Wildman–Crippen LogP) is 8.02. The Labute approximate surface area is 253 Å². The molecule has 0 amide bonds. The number of anilines is 2. The summed E-state index contributed by atoms with van der Waals surface area (Å²) in [5, 5.41) is 7.29. The molecule has 0 N–H and O–H groups in total. The van der Waals surface area contributed by atoms with Crippen LogP contribution >= 0.6 is 27.5 Å². The van der Waals surface area contributed by atoms with Crippen LogP contribution in [0.25, 0.3) is 0 Å². The summed E-state index contributed by atoms with van der Waals surface area (Å²) < 4.78 is 18.3. The number of benzene rings is 4. The molecule has 0 aliphatic carbocycles. The van der Waals surface area contributed by atoms with E-state index in [4.69, 9.17) is 30.9 Å². The van der Waals surface area contributed by atoms with Crippen molar-refractivity contribution in [1.82, 2.24) is 0 Å². The van der Waals surface area contributed by atoms with Crippen LogP contribution in [-0.4, -0.2) is 25.3 Å². The Kier molecular flexibility index (Phi) is 8.81. The van der Waals surface area contributed by atoms with Gasteiger partial charge in [-0.2, -0.15) is 0 Å². The Morgan fingerprint density at radius 3 is 2.32 bits per heavy atom. The highest BCUT2D eigenvalue weighted by Crippen LogP contribution is 2.45. The number of ketones is 1. The van der Waals surface area contributed by atoms with Gasteiger partial charge in [0.15, 0.2) is 29.3 Å². The van der Waals surface area contributed by atoms with Gasteiger partial charge in [-0.1, -0.05) is 48.0 Å². The summed E-state index contributed by atoms with van der Waals surface area (Å²) in [4.78, 5) is 14.9. The molecule has 1 atom stereocenters. The van der Waals surface area contributed by atoms with Crippen LogP contribution in [0.5, 0.6) is 17.2 Å².